The highest BCUT2D eigenvalue weighted by molar-refractivity contribution is 5.15. The van der Waals surface area contributed by atoms with Gasteiger partial charge >= 0.3 is 0 Å². The van der Waals surface area contributed by atoms with Crippen LogP contribution in [-0.2, 0) is 6.61 Å². The summed E-state index contributed by atoms with van der Waals surface area (Å²) in [5.74, 6) is 1.12. The van der Waals surface area contributed by atoms with E-state index in [0.717, 1.165) is 5.56 Å². The van der Waals surface area contributed by atoms with Crippen molar-refractivity contribution in [3.63, 3.8) is 0 Å². The Morgan fingerprint density at radius 1 is 1.60 bits per heavy atom. The highest BCUT2D eigenvalue weighted by Gasteiger charge is 2.02. The van der Waals surface area contributed by atoms with Crippen LogP contribution >= 0.6 is 0 Å². The summed E-state index contributed by atoms with van der Waals surface area (Å²) >= 11 is 0. The molecule has 1 aromatic heterocycles. The molecule has 0 aliphatic heterocycles. The van der Waals surface area contributed by atoms with Crippen molar-refractivity contribution in [1.82, 2.24) is 0 Å². The van der Waals surface area contributed by atoms with Crippen LogP contribution in [0.5, 0.6) is 0 Å². The van der Waals surface area contributed by atoms with E-state index in [9.17, 15) is 0 Å². The van der Waals surface area contributed by atoms with Gasteiger partial charge in [-0.15, -0.1) is 0 Å². The van der Waals surface area contributed by atoms with Gasteiger partial charge in [-0.1, -0.05) is 13.8 Å². The normalized spacial score (nSPS) is 10.8. The van der Waals surface area contributed by atoms with E-state index in [0.29, 0.717) is 11.7 Å². The van der Waals surface area contributed by atoms with Crippen LogP contribution in [0, 0.1) is 0 Å². The fourth-order valence-corrected chi connectivity index (χ4v) is 0.783. The number of hydrogen-bond acceptors (Lipinski definition) is 2. The number of rotatable bonds is 2. The van der Waals surface area contributed by atoms with Gasteiger partial charge in [0.15, 0.2) is 0 Å². The Balaban J connectivity index is 2.78. The van der Waals surface area contributed by atoms with E-state index in [1.165, 1.54) is 0 Å². The van der Waals surface area contributed by atoms with Gasteiger partial charge in [0.1, 0.15) is 12.4 Å². The zero-order valence-corrected chi connectivity index (χ0v) is 6.29. The van der Waals surface area contributed by atoms with Gasteiger partial charge in [-0.2, -0.15) is 0 Å². The molecule has 0 spiro atoms. The van der Waals surface area contributed by atoms with E-state index in [1.54, 1.807) is 6.26 Å². The SMILES string of the molecule is CC(C)c1coc(CO)c1. The molecule has 10 heavy (non-hydrogen) atoms. The van der Waals surface area contributed by atoms with E-state index >= 15 is 0 Å². The van der Waals surface area contributed by atoms with Crippen LogP contribution in [0.15, 0.2) is 16.7 Å². The zero-order chi connectivity index (χ0) is 7.56. The summed E-state index contributed by atoms with van der Waals surface area (Å²) in [6, 6.07) is 1.88. The van der Waals surface area contributed by atoms with Crippen molar-refractivity contribution >= 4 is 0 Å². The van der Waals surface area contributed by atoms with Gasteiger partial charge < -0.3 is 9.52 Å². The summed E-state index contributed by atoms with van der Waals surface area (Å²) in [5, 5.41) is 8.64. The molecule has 1 heterocycles. The fourth-order valence-electron chi connectivity index (χ4n) is 0.783. The Bertz CT molecular complexity index is 201. The standard InChI is InChI=1S/C8H12O2/c1-6(2)7-3-8(4-9)10-5-7/h3,5-6,9H,4H2,1-2H3. The molecule has 0 unspecified atom stereocenters. The molecule has 0 aliphatic carbocycles. The first-order valence-corrected chi connectivity index (χ1v) is 3.42. The number of hydrogen-bond donors (Lipinski definition) is 1. The highest BCUT2D eigenvalue weighted by atomic mass is 16.4. The average molecular weight is 140 g/mol. The van der Waals surface area contributed by atoms with Crippen LogP contribution in [0.3, 0.4) is 0 Å². The maximum atomic E-state index is 8.64. The third-order valence-corrected chi connectivity index (χ3v) is 1.50. The van der Waals surface area contributed by atoms with Gasteiger partial charge in [0.2, 0.25) is 0 Å². The molecule has 1 N–H and O–H groups in total. The first-order chi connectivity index (χ1) is 4.74. The van der Waals surface area contributed by atoms with Crippen LogP contribution in [0.2, 0.25) is 0 Å². The lowest BCUT2D eigenvalue weighted by molar-refractivity contribution is 0.247. The molecule has 0 bridgehead atoms. The van der Waals surface area contributed by atoms with Gasteiger partial charge in [0, 0.05) is 0 Å². The minimum Gasteiger partial charge on any atom is -0.467 e. The molecule has 0 aliphatic rings. The molecule has 0 saturated carbocycles. The number of aliphatic hydroxyl groups is 1. The van der Waals surface area contributed by atoms with Crippen molar-refractivity contribution in [2.24, 2.45) is 0 Å². The molecule has 2 heteroatoms. The predicted octanol–water partition coefficient (Wildman–Crippen LogP) is 1.90. The minimum atomic E-state index is -0.00722. The minimum absolute atomic E-state index is 0.00722. The molecule has 2 nitrogen and oxygen atoms in total. The maximum Gasteiger partial charge on any atom is 0.129 e. The van der Waals surface area contributed by atoms with Crippen LogP contribution in [-0.4, -0.2) is 5.11 Å². The summed E-state index contributed by atoms with van der Waals surface area (Å²) < 4.78 is 5.03. The van der Waals surface area contributed by atoms with Crippen LogP contribution in [0.4, 0.5) is 0 Å². The van der Waals surface area contributed by atoms with E-state index in [4.69, 9.17) is 9.52 Å². The quantitative estimate of drug-likeness (QED) is 0.680. The topological polar surface area (TPSA) is 33.4 Å². The molecule has 0 fully saturated rings. The van der Waals surface area contributed by atoms with Crippen molar-refractivity contribution in [2.75, 3.05) is 0 Å². The second-order valence-electron chi connectivity index (χ2n) is 2.66. The van der Waals surface area contributed by atoms with Gasteiger partial charge in [-0.3, -0.25) is 0 Å². The molecular formula is C8H12O2. The predicted molar refractivity (Wildman–Crippen MR) is 38.7 cm³/mol. The van der Waals surface area contributed by atoms with Gasteiger partial charge in [0.05, 0.1) is 6.26 Å². The summed E-state index contributed by atoms with van der Waals surface area (Å²) in [6.07, 6.45) is 1.69. The molecular weight excluding hydrogens is 128 g/mol. The maximum absolute atomic E-state index is 8.64. The molecule has 0 atom stereocenters. The molecule has 1 rings (SSSR count). The van der Waals surface area contributed by atoms with E-state index in [-0.39, 0.29) is 6.61 Å². The monoisotopic (exact) mass is 140 g/mol. The Labute approximate surface area is 60.5 Å². The van der Waals surface area contributed by atoms with Crippen molar-refractivity contribution in [1.29, 1.82) is 0 Å². The van der Waals surface area contributed by atoms with Crippen molar-refractivity contribution < 1.29 is 9.52 Å². The largest absolute Gasteiger partial charge is 0.467 e. The molecule has 0 aromatic carbocycles. The lowest BCUT2D eigenvalue weighted by atomic mass is 10.1. The summed E-state index contributed by atoms with van der Waals surface area (Å²) in [6.45, 7) is 4.17. The first kappa shape index (κ1) is 7.35. The van der Waals surface area contributed by atoms with Crippen LogP contribution in [0.1, 0.15) is 31.1 Å². The molecule has 56 valence electrons. The van der Waals surface area contributed by atoms with E-state index < -0.39 is 0 Å². The second kappa shape index (κ2) is 2.88. The molecule has 1 aromatic rings. The Morgan fingerprint density at radius 2 is 2.30 bits per heavy atom. The van der Waals surface area contributed by atoms with E-state index in [2.05, 4.69) is 13.8 Å². The van der Waals surface area contributed by atoms with Crippen molar-refractivity contribution in [3.8, 4) is 0 Å². The Kier molecular flexibility index (Phi) is 2.12. The zero-order valence-electron chi connectivity index (χ0n) is 6.29. The van der Waals surface area contributed by atoms with Gasteiger partial charge in [0.25, 0.3) is 0 Å². The van der Waals surface area contributed by atoms with Crippen LogP contribution < -0.4 is 0 Å². The van der Waals surface area contributed by atoms with Gasteiger partial charge in [-0.25, -0.2) is 0 Å². The third-order valence-electron chi connectivity index (χ3n) is 1.50. The molecule has 0 radical (unpaired) electrons. The molecule has 0 saturated heterocycles. The number of furan rings is 1. The summed E-state index contributed by atoms with van der Waals surface area (Å²) in [5.41, 5.74) is 1.14. The lowest BCUT2D eigenvalue weighted by Crippen LogP contribution is -1.81. The van der Waals surface area contributed by atoms with Crippen molar-refractivity contribution in [2.45, 2.75) is 26.4 Å². The average Bonchev–Trinajstić information content (AvgIpc) is 2.34. The third kappa shape index (κ3) is 1.39. The van der Waals surface area contributed by atoms with Crippen molar-refractivity contribution in [3.05, 3.63) is 23.7 Å². The van der Waals surface area contributed by atoms with E-state index in [1.807, 2.05) is 6.07 Å². The van der Waals surface area contributed by atoms with Crippen LogP contribution in [0.25, 0.3) is 0 Å². The fraction of sp³-hybridized carbons (Fsp3) is 0.500. The first-order valence-electron chi connectivity index (χ1n) is 3.42. The second-order valence-corrected chi connectivity index (χ2v) is 2.66. The Hall–Kier alpha value is -0.760. The summed E-state index contributed by atoms with van der Waals surface area (Å²) in [4.78, 5) is 0. The smallest absolute Gasteiger partial charge is 0.129 e. The van der Waals surface area contributed by atoms with Gasteiger partial charge in [-0.05, 0) is 17.5 Å². The summed E-state index contributed by atoms with van der Waals surface area (Å²) in [7, 11) is 0. The Morgan fingerprint density at radius 3 is 2.60 bits per heavy atom. The highest BCUT2D eigenvalue weighted by Crippen LogP contribution is 2.16. The number of aliphatic hydroxyl groups excluding tert-OH is 1. The lowest BCUT2D eigenvalue weighted by Gasteiger charge is -1.95. The molecule has 0 amide bonds.